The van der Waals surface area contributed by atoms with E-state index in [1.165, 1.54) is 19.1 Å². The number of carbonyl (C=O) groups is 16. The summed E-state index contributed by atoms with van der Waals surface area (Å²) in [5.41, 5.74) is 13.9. The molecule has 41 nitrogen and oxygen atoms in total. The van der Waals surface area contributed by atoms with Gasteiger partial charge in [-0.1, -0.05) is 90.1 Å². The molecule has 5 rings (SSSR count). The van der Waals surface area contributed by atoms with Crippen LogP contribution in [0.4, 0.5) is 0 Å². The molecule has 5 aromatic rings. The van der Waals surface area contributed by atoms with Crippen molar-refractivity contribution in [3.05, 3.63) is 102 Å². The fraction of sp³-hybridized carbons (Fsp3) is 0.548. The Bertz CT molecular complexity index is 4420. The van der Waals surface area contributed by atoms with Crippen molar-refractivity contribution in [1.29, 1.82) is 0 Å². The van der Waals surface area contributed by atoms with E-state index < -0.39 is 187 Å². The van der Waals surface area contributed by atoms with Gasteiger partial charge in [-0.05, 0) is 78.5 Å². The molecular formula is C84H123N17O24S2. The summed E-state index contributed by atoms with van der Waals surface area (Å²) in [6, 6.07) is 5.67. The lowest BCUT2D eigenvalue weighted by atomic mass is 9.98. The number of carboxylic acid groups (broad SMARTS) is 1. The van der Waals surface area contributed by atoms with Crippen molar-refractivity contribution in [2.24, 2.45) is 29.2 Å². The SMILES string of the molecule is CC(=O)N[C@@H](CC(=O)O)C(=O)N[C@@H](CS)C(=O)N[C@@H](C)C(=O)N[C@@H](Cc1c[nH]c2ccccc12)C(=O)N[C@@H](CC(=O)NCc1ccc(OC(=O)CCOCCOCCOCCOCCOCCOCCN)cc1)C(=O)N[C@@H](CC(C)C)C(=O)NCC(=O)NCC(=O)N[C@@H](CC(C)C)C(=O)N[C@H](C(=O)N[C@@H](Cc1c[nH]c2ccccc12)C(=O)N[C@@H](CS)C(N)=O)C(C)C. The lowest BCUT2D eigenvalue weighted by molar-refractivity contribution is -0.141. The van der Waals surface area contributed by atoms with Crippen LogP contribution >= 0.6 is 25.3 Å². The predicted molar refractivity (Wildman–Crippen MR) is 471 cm³/mol. The topological polar surface area (TPSA) is 598 Å². The third kappa shape index (κ3) is 40.0. The fourth-order valence-electron chi connectivity index (χ4n) is 12.5. The predicted octanol–water partition coefficient (Wildman–Crippen LogP) is -1.82. The number of aromatic amines is 2. The smallest absolute Gasteiger partial charge is 0.313 e. The molecule has 2 heterocycles. The average Bonchev–Trinajstić information content (AvgIpc) is 1.69. The standard InChI is InChI=1S/C84H123N17O24S2/c1-48(2)35-61(77(111)91-44-70(104)90-45-71(105)94-62(36-49(3)4)82(116)101-74(50(5)6)84(118)98-64(79(113)99-67(46-126)75(86)109)38-55-43-88-60-16-12-10-14-58(55)60)96-80(114)65(39-69(103)89-41-53-17-19-56(20-18-53)125-73(108)21-23-119-25-27-121-29-31-123-33-34-124-32-30-122-28-26-120-24-22-85)97-78(112)63(37-54-42-87-59-15-11-9-13-57(54)59)95-76(110)51(7)92-83(117)68(47-127)100-81(115)66(40-72(106)107)93-52(8)102/h9-20,42-43,48-51,61-68,74,87-88,126-127H,21-41,44-47,85H2,1-8H3,(H2,86,109)(H,89,103)(H,90,104)(H,91,111)(H,92,117)(H,93,102)(H,94,105)(H,95,110)(H,96,114)(H,97,112)(H,98,118)(H,99,113)(H,100,115)(H,101,116)(H,106,107)/t51-,61-,62-,63-,64-,65-,66-,67-,68-,74-/m0/s1. The van der Waals surface area contributed by atoms with E-state index in [1.54, 1.807) is 96.4 Å². The Morgan fingerprint density at radius 1 is 0.417 bits per heavy atom. The maximum Gasteiger partial charge on any atom is 0.313 e. The molecule has 0 aliphatic carbocycles. The van der Waals surface area contributed by atoms with Crippen LogP contribution in [0.2, 0.25) is 0 Å². The highest BCUT2D eigenvalue weighted by Crippen LogP contribution is 2.23. The van der Waals surface area contributed by atoms with Gasteiger partial charge in [-0.2, -0.15) is 25.3 Å². The van der Waals surface area contributed by atoms with E-state index >= 15 is 4.79 Å². The van der Waals surface area contributed by atoms with Gasteiger partial charge >= 0.3 is 11.9 Å². The summed E-state index contributed by atoms with van der Waals surface area (Å²) in [5, 5.41) is 43.6. The van der Waals surface area contributed by atoms with E-state index in [0.29, 0.717) is 93.6 Å². The van der Waals surface area contributed by atoms with Gasteiger partial charge in [0.25, 0.3) is 0 Å². The van der Waals surface area contributed by atoms with Crippen molar-refractivity contribution in [3.8, 4) is 5.75 Å². The number of amides is 14. The lowest BCUT2D eigenvalue weighted by Gasteiger charge is -2.28. The molecule has 0 fully saturated rings. The minimum Gasteiger partial charge on any atom is -0.481 e. The van der Waals surface area contributed by atoms with Crippen LogP contribution in [0, 0.1) is 17.8 Å². The molecule has 0 aliphatic heterocycles. The minimum absolute atomic E-state index is 0.0356. The monoisotopic (exact) mass is 1820 g/mol. The van der Waals surface area contributed by atoms with Crippen molar-refractivity contribution in [1.82, 2.24) is 79.1 Å². The molecule has 0 spiro atoms. The molecule has 43 heteroatoms. The number of thiol groups is 2. The maximum atomic E-state index is 15.0. The number of carbonyl (C=O) groups excluding carboxylic acids is 15. The van der Waals surface area contributed by atoms with Gasteiger partial charge in [-0.3, -0.25) is 76.7 Å². The Morgan fingerprint density at radius 2 is 0.843 bits per heavy atom. The van der Waals surface area contributed by atoms with Gasteiger partial charge < -0.3 is 129 Å². The Balaban J connectivity index is 1.27. The third-order valence-electron chi connectivity index (χ3n) is 19.0. The first kappa shape index (κ1) is 106. The number of nitrogens with two attached hydrogens (primary N) is 2. The second-order valence-electron chi connectivity index (χ2n) is 30.8. The first-order chi connectivity index (χ1) is 60.6. The average molecular weight is 1820 g/mol. The second-order valence-corrected chi connectivity index (χ2v) is 31.5. The van der Waals surface area contributed by atoms with Gasteiger partial charge in [0, 0.05) is 78.6 Å². The van der Waals surface area contributed by atoms with Gasteiger partial charge in [0.2, 0.25) is 82.7 Å². The van der Waals surface area contributed by atoms with E-state index in [1.807, 2.05) is 18.2 Å². The molecule has 0 bridgehead atoms. The van der Waals surface area contributed by atoms with Crippen molar-refractivity contribution in [2.75, 3.05) is 110 Å². The number of esters is 1. The molecule has 20 N–H and O–H groups in total. The zero-order valence-corrected chi connectivity index (χ0v) is 74.4. The number of carboxylic acids is 1. The van der Waals surface area contributed by atoms with E-state index in [-0.39, 0.29) is 87.6 Å². The van der Waals surface area contributed by atoms with Crippen molar-refractivity contribution in [2.45, 2.75) is 167 Å². The summed E-state index contributed by atoms with van der Waals surface area (Å²) in [4.78, 5) is 223. The number of benzene rings is 3. The summed E-state index contributed by atoms with van der Waals surface area (Å²) in [6.07, 6.45) is 1.09. The first-order valence-corrected chi connectivity index (χ1v) is 43.0. The second kappa shape index (κ2) is 57.4. The van der Waals surface area contributed by atoms with Crippen LogP contribution in [0.25, 0.3) is 21.8 Å². The number of fused-ring (bicyclic) bond motifs is 2. The number of primary amides is 1. The summed E-state index contributed by atoms with van der Waals surface area (Å²) in [7, 11) is 0. The van der Waals surface area contributed by atoms with Crippen LogP contribution < -0.4 is 85.3 Å². The number of hydrogen-bond acceptors (Lipinski definition) is 26. The molecule has 10 atom stereocenters. The van der Waals surface area contributed by atoms with Crippen LogP contribution in [0.3, 0.4) is 0 Å². The molecule has 127 heavy (non-hydrogen) atoms. The zero-order valence-electron chi connectivity index (χ0n) is 72.7. The summed E-state index contributed by atoms with van der Waals surface area (Å²) < 4.78 is 38.1. The Kier molecular flexibility index (Phi) is 48.0. The molecule has 0 aliphatic rings. The Hall–Kier alpha value is -11.3. The van der Waals surface area contributed by atoms with Crippen LogP contribution in [0.5, 0.6) is 5.75 Å². The third-order valence-corrected chi connectivity index (χ3v) is 19.7. The highest BCUT2D eigenvalue weighted by Gasteiger charge is 2.37. The van der Waals surface area contributed by atoms with Gasteiger partial charge in [0.15, 0.2) is 0 Å². The molecule has 0 saturated carbocycles. The number of H-pyrrole nitrogens is 2. The molecule has 700 valence electrons. The van der Waals surface area contributed by atoms with E-state index in [2.05, 4.69) is 104 Å². The van der Waals surface area contributed by atoms with E-state index in [0.717, 1.165) is 17.8 Å². The molecule has 0 saturated heterocycles. The Morgan fingerprint density at radius 3 is 1.32 bits per heavy atom. The number of nitrogens with one attached hydrogen (secondary N) is 15. The van der Waals surface area contributed by atoms with Crippen molar-refractivity contribution >= 4 is 142 Å². The molecule has 0 unspecified atom stereocenters. The number of para-hydroxylation sites is 2. The molecule has 0 radical (unpaired) electrons. The van der Waals surface area contributed by atoms with Crippen LogP contribution in [0.15, 0.2) is 85.2 Å². The quantitative estimate of drug-likeness (QED) is 0.00882. The highest BCUT2D eigenvalue weighted by atomic mass is 32.1. The number of aromatic nitrogens is 2. The molecule has 14 amide bonds. The fourth-order valence-corrected chi connectivity index (χ4v) is 13.0. The lowest BCUT2D eigenvalue weighted by Crippen LogP contribution is -2.60. The van der Waals surface area contributed by atoms with Gasteiger partial charge in [0.05, 0.1) is 112 Å². The number of ether oxygens (including phenoxy) is 7. The maximum absolute atomic E-state index is 15.0. The van der Waals surface area contributed by atoms with Gasteiger partial charge in [-0.25, -0.2) is 0 Å². The summed E-state index contributed by atoms with van der Waals surface area (Å²) >= 11 is 8.30. The minimum atomic E-state index is -1.85. The molecule has 3 aromatic carbocycles. The normalized spacial score (nSPS) is 13.7. The summed E-state index contributed by atoms with van der Waals surface area (Å²) in [6.45, 7) is 15.5. The van der Waals surface area contributed by atoms with Crippen LogP contribution in [0.1, 0.15) is 104 Å². The van der Waals surface area contributed by atoms with Crippen LogP contribution in [-0.2, 0) is 125 Å². The van der Waals surface area contributed by atoms with Gasteiger partial charge in [-0.15, -0.1) is 0 Å². The number of hydrogen-bond donors (Lipinski definition) is 20. The van der Waals surface area contributed by atoms with E-state index in [4.69, 9.17) is 44.6 Å². The van der Waals surface area contributed by atoms with Crippen molar-refractivity contribution in [3.63, 3.8) is 0 Å². The Labute approximate surface area is 746 Å². The molecular weight excluding hydrogens is 1700 g/mol. The largest absolute Gasteiger partial charge is 0.481 e. The van der Waals surface area contributed by atoms with Gasteiger partial charge in [0.1, 0.15) is 66.2 Å². The zero-order chi connectivity index (χ0) is 93.5. The van der Waals surface area contributed by atoms with Crippen molar-refractivity contribution < 1.29 is 115 Å². The number of aliphatic carboxylic acids is 1. The number of rotatable bonds is 62. The molecule has 2 aromatic heterocycles. The first-order valence-electron chi connectivity index (χ1n) is 41.7. The van der Waals surface area contributed by atoms with E-state index in [9.17, 15) is 77.0 Å². The summed E-state index contributed by atoms with van der Waals surface area (Å²) in [5.74, 6) is -16.2. The van der Waals surface area contributed by atoms with Crippen LogP contribution in [-0.4, -0.2) is 281 Å². The highest BCUT2D eigenvalue weighted by molar-refractivity contribution is 7.80.